The normalized spacial score (nSPS) is 9.54. The number of H-pyrrole nitrogens is 1. The van der Waals surface area contributed by atoms with Crippen LogP contribution < -0.4 is 0 Å². The Balaban J connectivity index is 0.000000396. The fourth-order valence-corrected chi connectivity index (χ4v) is 1.22. The van der Waals surface area contributed by atoms with Gasteiger partial charge in [-0.3, -0.25) is 10.1 Å². The number of hydrogen-bond donors (Lipinski definition) is 1. The smallest absolute Gasteiger partial charge is 0.114 e. The summed E-state index contributed by atoms with van der Waals surface area (Å²) in [5.74, 6) is 0. The van der Waals surface area contributed by atoms with Crippen molar-refractivity contribution in [1.82, 2.24) is 15.2 Å². The number of hydrogen-bond acceptors (Lipinski definition) is 2. The van der Waals surface area contributed by atoms with Crippen LogP contribution in [0.15, 0.2) is 12.4 Å². The first-order valence-corrected chi connectivity index (χ1v) is 4.61. The van der Waals surface area contributed by atoms with E-state index in [1.807, 2.05) is 20.8 Å². The molecule has 0 aliphatic rings. The Morgan fingerprint density at radius 1 is 1.31 bits per heavy atom. The van der Waals surface area contributed by atoms with Gasteiger partial charge in [-0.15, -0.1) is 0 Å². The number of nitrogens with one attached hydrogen (secondary N) is 1. The molecule has 0 saturated carbocycles. The van der Waals surface area contributed by atoms with Crippen LogP contribution in [0.1, 0.15) is 19.5 Å². The Labute approximate surface area is 82.1 Å². The lowest BCUT2D eigenvalue weighted by atomic mass is 10.3. The van der Waals surface area contributed by atoms with Gasteiger partial charge in [0.05, 0.1) is 5.02 Å². The number of aromatic nitrogens is 3. The summed E-state index contributed by atoms with van der Waals surface area (Å²) in [5, 5.41) is 8.44. The third-order valence-corrected chi connectivity index (χ3v) is 1.89. The van der Waals surface area contributed by atoms with Crippen molar-refractivity contribution >= 4 is 22.5 Å². The standard InChI is InChI=1S/C7H6ClN3.C2H6/c1-4-5-2-9-3-6(8)7(5)11-10-4;1-2/h2-3H,1H3,(H,10,11);1-2H3. The molecule has 1 N–H and O–H groups in total. The van der Waals surface area contributed by atoms with Crippen molar-refractivity contribution < 1.29 is 0 Å². The molecule has 0 aliphatic heterocycles. The van der Waals surface area contributed by atoms with Crippen molar-refractivity contribution in [2.24, 2.45) is 0 Å². The summed E-state index contributed by atoms with van der Waals surface area (Å²) in [7, 11) is 0. The summed E-state index contributed by atoms with van der Waals surface area (Å²) in [6.45, 7) is 5.94. The van der Waals surface area contributed by atoms with Gasteiger partial charge < -0.3 is 0 Å². The molecule has 0 atom stereocenters. The first kappa shape index (κ1) is 9.99. The monoisotopic (exact) mass is 197 g/mol. The number of aryl methyl sites for hydroxylation is 1. The highest BCUT2D eigenvalue weighted by Crippen LogP contribution is 2.20. The zero-order chi connectivity index (χ0) is 9.84. The molecule has 0 spiro atoms. The molecule has 4 heteroatoms. The van der Waals surface area contributed by atoms with Gasteiger partial charge in [0.15, 0.2) is 0 Å². The average molecular weight is 198 g/mol. The quantitative estimate of drug-likeness (QED) is 0.706. The summed E-state index contributed by atoms with van der Waals surface area (Å²) in [4.78, 5) is 3.95. The van der Waals surface area contributed by atoms with Gasteiger partial charge in [-0.25, -0.2) is 0 Å². The van der Waals surface area contributed by atoms with Gasteiger partial charge in [-0.1, -0.05) is 25.4 Å². The van der Waals surface area contributed by atoms with E-state index >= 15 is 0 Å². The highest BCUT2D eigenvalue weighted by Gasteiger charge is 2.03. The maximum atomic E-state index is 5.83. The second-order valence-electron chi connectivity index (χ2n) is 2.37. The predicted octanol–water partition coefficient (Wildman–Crippen LogP) is 2.95. The van der Waals surface area contributed by atoms with Crippen LogP contribution in [0.5, 0.6) is 0 Å². The second kappa shape index (κ2) is 4.23. The Morgan fingerprint density at radius 2 is 2.00 bits per heavy atom. The lowest BCUT2D eigenvalue weighted by Crippen LogP contribution is -1.74. The molecule has 70 valence electrons. The first-order chi connectivity index (χ1) is 6.29. The summed E-state index contributed by atoms with van der Waals surface area (Å²) in [5.41, 5.74) is 1.79. The van der Waals surface area contributed by atoms with E-state index in [0.717, 1.165) is 16.6 Å². The van der Waals surface area contributed by atoms with E-state index in [1.54, 1.807) is 12.4 Å². The fraction of sp³-hybridized carbons (Fsp3) is 0.333. The minimum absolute atomic E-state index is 0.590. The highest BCUT2D eigenvalue weighted by molar-refractivity contribution is 6.34. The Kier molecular flexibility index (Phi) is 3.25. The average Bonchev–Trinajstić information content (AvgIpc) is 2.53. The van der Waals surface area contributed by atoms with Gasteiger partial charge in [-0.2, -0.15) is 5.10 Å². The molecular formula is C9H12ClN3. The number of halogens is 1. The summed E-state index contributed by atoms with van der Waals surface area (Å²) in [6.07, 6.45) is 3.34. The van der Waals surface area contributed by atoms with Gasteiger partial charge in [0.25, 0.3) is 0 Å². The molecule has 0 bridgehead atoms. The molecule has 0 aromatic carbocycles. The van der Waals surface area contributed by atoms with Gasteiger partial charge in [0, 0.05) is 23.5 Å². The van der Waals surface area contributed by atoms with Crippen molar-refractivity contribution in [2.45, 2.75) is 20.8 Å². The predicted molar refractivity (Wildman–Crippen MR) is 55.0 cm³/mol. The Morgan fingerprint density at radius 3 is 2.62 bits per heavy atom. The first-order valence-electron chi connectivity index (χ1n) is 4.23. The number of fused-ring (bicyclic) bond motifs is 1. The van der Waals surface area contributed by atoms with Crippen molar-refractivity contribution in [3.05, 3.63) is 23.1 Å². The molecule has 0 amide bonds. The van der Waals surface area contributed by atoms with Crippen LogP contribution >= 0.6 is 11.6 Å². The van der Waals surface area contributed by atoms with Crippen molar-refractivity contribution in [3.8, 4) is 0 Å². The molecule has 2 rings (SSSR count). The molecule has 2 aromatic rings. The van der Waals surface area contributed by atoms with Crippen molar-refractivity contribution in [2.75, 3.05) is 0 Å². The maximum absolute atomic E-state index is 5.83. The molecule has 0 radical (unpaired) electrons. The molecule has 2 aromatic heterocycles. The number of pyridine rings is 1. The van der Waals surface area contributed by atoms with Crippen LogP contribution in [0.2, 0.25) is 5.02 Å². The Hall–Kier alpha value is -1.09. The molecule has 0 fully saturated rings. The highest BCUT2D eigenvalue weighted by atomic mass is 35.5. The zero-order valence-corrected chi connectivity index (χ0v) is 8.68. The van der Waals surface area contributed by atoms with E-state index in [0.29, 0.717) is 5.02 Å². The van der Waals surface area contributed by atoms with Gasteiger partial charge in [0.1, 0.15) is 5.52 Å². The molecule has 0 aliphatic carbocycles. The van der Waals surface area contributed by atoms with E-state index < -0.39 is 0 Å². The maximum Gasteiger partial charge on any atom is 0.114 e. The van der Waals surface area contributed by atoms with Crippen LogP contribution in [-0.2, 0) is 0 Å². The third kappa shape index (κ3) is 1.80. The molecule has 13 heavy (non-hydrogen) atoms. The number of aromatic amines is 1. The van der Waals surface area contributed by atoms with Crippen LogP contribution in [0.25, 0.3) is 10.9 Å². The lowest BCUT2D eigenvalue weighted by molar-refractivity contribution is 1.07. The topological polar surface area (TPSA) is 41.6 Å². The molecule has 0 saturated heterocycles. The van der Waals surface area contributed by atoms with Crippen LogP contribution in [-0.4, -0.2) is 15.2 Å². The third-order valence-electron chi connectivity index (χ3n) is 1.61. The van der Waals surface area contributed by atoms with Gasteiger partial charge in [-0.05, 0) is 6.92 Å². The molecule has 3 nitrogen and oxygen atoms in total. The van der Waals surface area contributed by atoms with Crippen LogP contribution in [0, 0.1) is 6.92 Å². The van der Waals surface area contributed by atoms with Crippen LogP contribution in [0.4, 0.5) is 0 Å². The van der Waals surface area contributed by atoms with E-state index in [1.165, 1.54) is 0 Å². The van der Waals surface area contributed by atoms with Crippen molar-refractivity contribution in [3.63, 3.8) is 0 Å². The Bertz CT molecular complexity index is 395. The van der Waals surface area contributed by atoms with E-state index in [-0.39, 0.29) is 0 Å². The summed E-state index contributed by atoms with van der Waals surface area (Å²) >= 11 is 5.83. The molecule has 2 heterocycles. The molecular weight excluding hydrogens is 186 g/mol. The fourth-order valence-electron chi connectivity index (χ4n) is 1.02. The van der Waals surface area contributed by atoms with E-state index in [2.05, 4.69) is 15.2 Å². The number of rotatable bonds is 0. The second-order valence-corrected chi connectivity index (χ2v) is 2.77. The minimum atomic E-state index is 0.590. The van der Waals surface area contributed by atoms with Gasteiger partial charge in [0.2, 0.25) is 0 Å². The minimum Gasteiger partial charge on any atom is -0.282 e. The zero-order valence-electron chi connectivity index (χ0n) is 7.93. The van der Waals surface area contributed by atoms with E-state index in [4.69, 9.17) is 11.6 Å². The van der Waals surface area contributed by atoms with E-state index in [9.17, 15) is 0 Å². The SMILES string of the molecule is CC.Cc1[nH]nc2c(Cl)cncc12. The largest absolute Gasteiger partial charge is 0.282 e. The molecule has 0 unspecified atom stereocenters. The number of nitrogens with zero attached hydrogens (tertiary/aromatic N) is 2. The van der Waals surface area contributed by atoms with Crippen LogP contribution in [0.3, 0.4) is 0 Å². The lowest BCUT2D eigenvalue weighted by Gasteiger charge is -1.89. The van der Waals surface area contributed by atoms with Gasteiger partial charge >= 0.3 is 0 Å². The van der Waals surface area contributed by atoms with Crippen molar-refractivity contribution in [1.29, 1.82) is 0 Å². The summed E-state index contributed by atoms with van der Waals surface area (Å²) in [6, 6.07) is 0. The summed E-state index contributed by atoms with van der Waals surface area (Å²) < 4.78 is 0.